The van der Waals surface area contributed by atoms with Crippen LogP contribution in [0.4, 0.5) is 0 Å². The number of amides is 1. The fourth-order valence-electron chi connectivity index (χ4n) is 2.73. The molecule has 0 fully saturated rings. The van der Waals surface area contributed by atoms with Crippen molar-refractivity contribution < 1.29 is 9.53 Å². The Kier molecular flexibility index (Phi) is 6.82. The third-order valence-corrected chi connectivity index (χ3v) is 4.27. The van der Waals surface area contributed by atoms with E-state index in [0.717, 1.165) is 24.4 Å². The summed E-state index contributed by atoms with van der Waals surface area (Å²) < 4.78 is 7.59. The Morgan fingerprint density at radius 2 is 2.08 bits per heavy atom. The molecule has 0 saturated carbocycles. The van der Waals surface area contributed by atoms with E-state index >= 15 is 0 Å². The fraction of sp³-hybridized carbons (Fsp3) is 0.444. The summed E-state index contributed by atoms with van der Waals surface area (Å²) >= 11 is 5.92. The summed E-state index contributed by atoms with van der Waals surface area (Å²) in [5, 5.41) is 3.70. The van der Waals surface area contributed by atoms with Crippen molar-refractivity contribution in [3.8, 4) is 0 Å². The summed E-state index contributed by atoms with van der Waals surface area (Å²) in [6.07, 6.45) is 4.74. The molecule has 2 rings (SSSR count). The number of carbonyl (C=O) groups is 1. The van der Waals surface area contributed by atoms with Gasteiger partial charge < -0.3 is 14.6 Å². The van der Waals surface area contributed by atoms with Gasteiger partial charge in [-0.15, -0.1) is 0 Å². The van der Waals surface area contributed by atoms with Gasteiger partial charge in [0.05, 0.1) is 6.04 Å². The molecule has 1 aromatic heterocycles. The van der Waals surface area contributed by atoms with Gasteiger partial charge in [0, 0.05) is 37.5 Å². The van der Waals surface area contributed by atoms with Crippen molar-refractivity contribution in [1.29, 1.82) is 0 Å². The smallest absolute Gasteiger partial charge is 0.220 e. The van der Waals surface area contributed by atoms with Gasteiger partial charge in [-0.3, -0.25) is 4.79 Å². The highest BCUT2D eigenvalue weighted by Gasteiger charge is 2.20. The van der Waals surface area contributed by atoms with Gasteiger partial charge in [0.25, 0.3) is 0 Å². The number of nitrogens with zero attached hydrogens (tertiary/aromatic N) is 2. The average molecular weight is 350 g/mol. The molecule has 130 valence electrons. The number of hydrogen-bond acceptors (Lipinski definition) is 3. The highest BCUT2D eigenvalue weighted by molar-refractivity contribution is 6.30. The van der Waals surface area contributed by atoms with Crippen molar-refractivity contribution in [3.05, 3.63) is 53.1 Å². The van der Waals surface area contributed by atoms with E-state index in [2.05, 4.69) is 10.3 Å². The monoisotopic (exact) mass is 349 g/mol. The normalized spacial score (nSPS) is 13.5. The van der Waals surface area contributed by atoms with E-state index in [1.807, 2.05) is 48.9 Å². The van der Waals surface area contributed by atoms with Crippen LogP contribution in [0.3, 0.4) is 0 Å². The van der Waals surface area contributed by atoms with Crippen LogP contribution in [-0.4, -0.2) is 28.6 Å². The number of aromatic nitrogens is 2. The van der Waals surface area contributed by atoms with Crippen LogP contribution in [0.25, 0.3) is 0 Å². The minimum absolute atomic E-state index is 0.0243. The largest absolute Gasteiger partial charge is 0.375 e. The molecule has 24 heavy (non-hydrogen) atoms. The van der Waals surface area contributed by atoms with Gasteiger partial charge in [0.15, 0.2) is 0 Å². The van der Waals surface area contributed by atoms with E-state index in [0.29, 0.717) is 11.4 Å². The zero-order chi connectivity index (χ0) is 17.5. The lowest BCUT2D eigenvalue weighted by molar-refractivity contribution is -0.122. The number of halogens is 1. The number of carbonyl (C=O) groups excluding carboxylic acids is 1. The second kappa shape index (κ2) is 8.85. The molecule has 2 aromatic rings. The second-order valence-electron chi connectivity index (χ2n) is 5.84. The number of imidazole rings is 1. The Balaban J connectivity index is 1.83. The van der Waals surface area contributed by atoms with E-state index in [-0.39, 0.29) is 18.1 Å². The van der Waals surface area contributed by atoms with E-state index < -0.39 is 0 Å². The van der Waals surface area contributed by atoms with Crippen LogP contribution in [-0.2, 0) is 16.1 Å². The number of methoxy groups -OCH3 is 1. The topological polar surface area (TPSA) is 56.1 Å². The lowest BCUT2D eigenvalue weighted by Gasteiger charge is -2.24. The molecule has 1 amide bonds. The molecule has 1 aromatic carbocycles. The Labute approximate surface area is 148 Å². The lowest BCUT2D eigenvalue weighted by Crippen LogP contribution is -2.37. The van der Waals surface area contributed by atoms with Gasteiger partial charge in [0.2, 0.25) is 5.91 Å². The van der Waals surface area contributed by atoms with Crippen LogP contribution in [0.5, 0.6) is 0 Å². The number of rotatable bonds is 8. The first kappa shape index (κ1) is 18.5. The average Bonchev–Trinajstić information content (AvgIpc) is 2.95. The van der Waals surface area contributed by atoms with Gasteiger partial charge >= 0.3 is 0 Å². The zero-order valence-corrected chi connectivity index (χ0v) is 15.1. The summed E-state index contributed by atoms with van der Waals surface area (Å²) in [5.41, 5.74) is 0.990. The van der Waals surface area contributed by atoms with Crippen molar-refractivity contribution >= 4 is 17.5 Å². The van der Waals surface area contributed by atoms with Crippen LogP contribution in [0.15, 0.2) is 36.7 Å². The van der Waals surface area contributed by atoms with Crippen molar-refractivity contribution in [2.75, 3.05) is 7.11 Å². The first-order chi connectivity index (χ1) is 11.5. The summed E-state index contributed by atoms with van der Waals surface area (Å²) in [4.78, 5) is 16.3. The van der Waals surface area contributed by atoms with Crippen molar-refractivity contribution in [3.63, 3.8) is 0 Å². The first-order valence-corrected chi connectivity index (χ1v) is 8.44. The number of nitrogens with one attached hydrogen (secondary N) is 1. The zero-order valence-electron chi connectivity index (χ0n) is 14.3. The van der Waals surface area contributed by atoms with Gasteiger partial charge in [-0.05, 0) is 38.0 Å². The maximum Gasteiger partial charge on any atom is 0.220 e. The molecule has 1 heterocycles. The molecule has 0 saturated heterocycles. The maximum absolute atomic E-state index is 12.2. The predicted molar refractivity (Wildman–Crippen MR) is 95.0 cm³/mol. The van der Waals surface area contributed by atoms with E-state index in [9.17, 15) is 4.79 Å². The van der Waals surface area contributed by atoms with Crippen molar-refractivity contribution in [2.24, 2.45) is 0 Å². The van der Waals surface area contributed by atoms with Gasteiger partial charge in [-0.25, -0.2) is 4.98 Å². The van der Waals surface area contributed by atoms with Crippen LogP contribution in [0.2, 0.25) is 5.02 Å². The lowest BCUT2D eigenvalue weighted by atomic mass is 10.0. The fourth-order valence-corrected chi connectivity index (χ4v) is 2.86. The minimum atomic E-state index is -0.206. The summed E-state index contributed by atoms with van der Waals surface area (Å²) in [5.74, 6) is 0.988. The molecular weight excluding hydrogens is 326 g/mol. The summed E-state index contributed by atoms with van der Waals surface area (Å²) in [6, 6.07) is 7.36. The van der Waals surface area contributed by atoms with Crippen LogP contribution >= 0.6 is 11.6 Å². The number of aryl methyl sites for hydroxylation is 2. The molecule has 1 N–H and O–H groups in total. The molecule has 6 heteroatoms. The van der Waals surface area contributed by atoms with Crippen LogP contribution < -0.4 is 5.32 Å². The van der Waals surface area contributed by atoms with Crippen LogP contribution in [0.1, 0.15) is 37.3 Å². The van der Waals surface area contributed by atoms with Gasteiger partial charge in [0.1, 0.15) is 11.9 Å². The third-order valence-electron chi connectivity index (χ3n) is 4.02. The number of benzene rings is 1. The SMILES string of the molecule is COC(c1ccc(Cl)cc1)C(C)NC(=O)CCCn1ccnc1C. The predicted octanol–water partition coefficient (Wildman–Crippen LogP) is 3.52. The summed E-state index contributed by atoms with van der Waals surface area (Å²) in [6.45, 7) is 4.69. The van der Waals surface area contributed by atoms with E-state index in [4.69, 9.17) is 16.3 Å². The molecule has 2 atom stereocenters. The molecule has 0 spiro atoms. The minimum Gasteiger partial charge on any atom is -0.375 e. The van der Waals surface area contributed by atoms with Crippen molar-refractivity contribution in [2.45, 2.75) is 45.4 Å². The third kappa shape index (κ3) is 5.08. The standard InChI is InChI=1S/C18H24ClN3O2/c1-13(18(24-3)15-6-8-16(19)9-7-15)21-17(23)5-4-11-22-12-10-20-14(22)2/h6-10,12-13,18H,4-5,11H2,1-3H3,(H,21,23). The molecule has 0 aliphatic rings. The van der Waals surface area contributed by atoms with E-state index in [1.165, 1.54) is 0 Å². The molecule has 5 nitrogen and oxygen atoms in total. The molecule has 0 aliphatic carbocycles. The Morgan fingerprint density at radius 1 is 1.38 bits per heavy atom. The second-order valence-corrected chi connectivity index (χ2v) is 6.27. The van der Waals surface area contributed by atoms with Crippen molar-refractivity contribution in [1.82, 2.24) is 14.9 Å². The number of hydrogen-bond donors (Lipinski definition) is 1. The highest BCUT2D eigenvalue weighted by Crippen LogP contribution is 2.22. The maximum atomic E-state index is 12.2. The van der Waals surface area contributed by atoms with E-state index in [1.54, 1.807) is 13.3 Å². The number of ether oxygens (including phenoxy) is 1. The molecular formula is C18H24ClN3O2. The van der Waals surface area contributed by atoms with Gasteiger partial charge in [-0.2, -0.15) is 0 Å². The van der Waals surface area contributed by atoms with Crippen LogP contribution in [0, 0.1) is 6.92 Å². The molecule has 0 aliphatic heterocycles. The first-order valence-electron chi connectivity index (χ1n) is 8.06. The molecule has 0 radical (unpaired) electrons. The Bertz CT molecular complexity index is 655. The highest BCUT2D eigenvalue weighted by atomic mass is 35.5. The summed E-state index contributed by atoms with van der Waals surface area (Å²) in [7, 11) is 1.64. The molecule has 2 unspecified atom stereocenters. The van der Waals surface area contributed by atoms with Gasteiger partial charge in [-0.1, -0.05) is 23.7 Å². The Morgan fingerprint density at radius 3 is 2.67 bits per heavy atom. The quantitative estimate of drug-likeness (QED) is 0.793. The Hall–Kier alpha value is -1.85. The molecule has 0 bridgehead atoms.